The van der Waals surface area contributed by atoms with Gasteiger partial charge in [-0.25, -0.2) is 10.2 Å². The molecule has 1 heterocycles. The van der Waals surface area contributed by atoms with Crippen molar-refractivity contribution in [3.05, 3.63) is 58.5 Å². The van der Waals surface area contributed by atoms with E-state index in [9.17, 15) is 9.59 Å². The molecule has 7 nitrogen and oxygen atoms in total. The Morgan fingerprint density at radius 2 is 1.93 bits per heavy atom. The molecule has 7 heteroatoms. The number of benzene rings is 1. The van der Waals surface area contributed by atoms with Crippen LogP contribution in [0.3, 0.4) is 0 Å². The van der Waals surface area contributed by atoms with Crippen LogP contribution >= 0.6 is 0 Å². The van der Waals surface area contributed by atoms with Gasteiger partial charge in [0.2, 0.25) is 0 Å². The monoisotopic (exact) mass is 382 g/mol. The van der Waals surface area contributed by atoms with Crippen LogP contribution in [0.15, 0.2) is 39.9 Å². The zero-order valence-electron chi connectivity index (χ0n) is 16.7. The normalized spacial score (nSPS) is 16.5. The highest BCUT2D eigenvalue weighted by Gasteiger charge is 2.36. The van der Waals surface area contributed by atoms with Crippen LogP contribution in [0.5, 0.6) is 0 Å². The van der Waals surface area contributed by atoms with E-state index in [4.69, 9.17) is 10.2 Å². The molecule has 0 aliphatic heterocycles. The fourth-order valence-corrected chi connectivity index (χ4v) is 3.64. The van der Waals surface area contributed by atoms with Crippen molar-refractivity contribution in [3.63, 3.8) is 0 Å². The molecule has 0 saturated heterocycles. The molecule has 1 aliphatic rings. The quantitative estimate of drug-likeness (QED) is 0.794. The number of carbonyl (C=O) groups excluding carboxylic acids is 2. The first-order chi connectivity index (χ1) is 13.2. The van der Waals surface area contributed by atoms with Gasteiger partial charge in [0.25, 0.3) is 5.91 Å². The predicted molar refractivity (Wildman–Crippen MR) is 107 cm³/mol. The van der Waals surface area contributed by atoms with E-state index in [0.29, 0.717) is 30.9 Å². The summed E-state index contributed by atoms with van der Waals surface area (Å²) < 4.78 is 6.01. The van der Waals surface area contributed by atoms with E-state index in [1.54, 1.807) is 11.9 Å². The molecule has 3 amide bonds. The lowest BCUT2D eigenvalue weighted by molar-refractivity contribution is 0.0749. The number of primary amides is 1. The number of amides is 3. The van der Waals surface area contributed by atoms with Gasteiger partial charge in [-0.2, -0.15) is 5.10 Å². The van der Waals surface area contributed by atoms with E-state index in [0.717, 1.165) is 22.5 Å². The molecule has 148 valence electrons. The molecule has 0 unspecified atom stereocenters. The summed E-state index contributed by atoms with van der Waals surface area (Å²) in [5, 5.41) is 4.17. The number of nitrogens with zero attached hydrogens (tertiary/aromatic N) is 2. The fourth-order valence-electron chi connectivity index (χ4n) is 3.64. The van der Waals surface area contributed by atoms with Crippen LogP contribution in [0.4, 0.5) is 4.79 Å². The number of nitrogens with one attached hydrogen (secondary N) is 1. The van der Waals surface area contributed by atoms with Gasteiger partial charge in [-0.3, -0.25) is 4.79 Å². The van der Waals surface area contributed by atoms with E-state index in [2.05, 4.69) is 24.4 Å². The summed E-state index contributed by atoms with van der Waals surface area (Å²) in [6, 6.07) is 9.07. The van der Waals surface area contributed by atoms with Crippen LogP contribution in [-0.4, -0.2) is 29.6 Å². The highest BCUT2D eigenvalue weighted by Crippen LogP contribution is 2.39. The maximum absolute atomic E-state index is 13.0. The van der Waals surface area contributed by atoms with Crippen LogP contribution in [-0.2, 0) is 13.0 Å². The summed E-state index contributed by atoms with van der Waals surface area (Å²) in [5.41, 5.74) is 10.6. The molecule has 0 atom stereocenters. The van der Waals surface area contributed by atoms with Gasteiger partial charge in [-0.15, -0.1) is 0 Å². The van der Waals surface area contributed by atoms with Gasteiger partial charge >= 0.3 is 6.03 Å². The Bertz CT molecular complexity index is 929. The average molecular weight is 382 g/mol. The van der Waals surface area contributed by atoms with Crippen molar-refractivity contribution in [2.75, 3.05) is 7.05 Å². The second kappa shape index (κ2) is 7.50. The van der Waals surface area contributed by atoms with Crippen molar-refractivity contribution in [1.82, 2.24) is 10.3 Å². The van der Waals surface area contributed by atoms with Gasteiger partial charge in [0.15, 0.2) is 5.76 Å². The second-order valence-electron chi connectivity index (χ2n) is 8.05. The van der Waals surface area contributed by atoms with Crippen molar-refractivity contribution in [2.24, 2.45) is 16.3 Å². The third-order valence-electron chi connectivity index (χ3n) is 4.90. The zero-order chi connectivity index (χ0) is 20.5. The third-order valence-corrected chi connectivity index (χ3v) is 4.90. The van der Waals surface area contributed by atoms with Gasteiger partial charge in [0, 0.05) is 31.1 Å². The molecule has 1 aromatic heterocycles. The van der Waals surface area contributed by atoms with Crippen molar-refractivity contribution >= 4 is 17.6 Å². The molecule has 28 heavy (non-hydrogen) atoms. The number of rotatable bonds is 4. The fraction of sp³-hybridized carbons (Fsp3) is 0.381. The highest BCUT2D eigenvalue weighted by atomic mass is 16.4. The SMILES string of the molecule is Cc1c(C(=O)N(C)Cc2ccccc2)oc2c1/C(=N\NC(N)=O)CC(C)(C)C2. The summed E-state index contributed by atoms with van der Waals surface area (Å²) in [5.74, 6) is 0.846. The van der Waals surface area contributed by atoms with Crippen LogP contribution in [0.2, 0.25) is 0 Å². The number of hydrogen-bond acceptors (Lipinski definition) is 4. The van der Waals surface area contributed by atoms with Gasteiger partial charge in [-0.1, -0.05) is 44.2 Å². The maximum Gasteiger partial charge on any atom is 0.332 e. The first-order valence-electron chi connectivity index (χ1n) is 9.22. The number of hydrogen-bond donors (Lipinski definition) is 2. The van der Waals surface area contributed by atoms with E-state index in [-0.39, 0.29) is 11.3 Å². The van der Waals surface area contributed by atoms with Gasteiger partial charge in [0.05, 0.1) is 5.71 Å². The Balaban J connectivity index is 1.93. The molecule has 0 radical (unpaired) electrons. The van der Waals surface area contributed by atoms with Gasteiger partial charge in [0.1, 0.15) is 5.76 Å². The van der Waals surface area contributed by atoms with E-state index in [1.807, 2.05) is 37.3 Å². The number of nitrogens with two attached hydrogens (primary N) is 1. The van der Waals surface area contributed by atoms with Crippen molar-refractivity contribution in [2.45, 2.75) is 40.2 Å². The molecule has 1 aliphatic carbocycles. The lowest BCUT2D eigenvalue weighted by Gasteiger charge is -2.29. The molecule has 3 rings (SSSR count). The molecule has 3 N–H and O–H groups in total. The highest BCUT2D eigenvalue weighted by molar-refractivity contribution is 6.07. The molecule has 0 fully saturated rings. The van der Waals surface area contributed by atoms with E-state index in [1.165, 1.54) is 0 Å². The molecule has 0 saturated carbocycles. The van der Waals surface area contributed by atoms with Crippen molar-refractivity contribution < 1.29 is 14.0 Å². The topological polar surface area (TPSA) is 101 Å². The van der Waals surface area contributed by atoms with E-state index >= 15 is 0 Å². The zero-order valence-corrected chi connectivity index (χ0v) is 16.7. The largest absolute Gasteiger partial charge is 0.455 e. The molecule has 0 bridgehead atoms. The first kappa shape index (κ1) is 19.7. The minimum absolute atomic E-state index is 0.105. The standard InChI is InChI=1S/C21H26N4O3/c1-13-17-15(23-24-20(22)27)10-21(2,3)11-16(17)28-18(13)19(26)25(4)12-14-8-6-5-7-9-14/h5-9H,10-12H2,1-4H3,(H3,22,24,27)/b23-15-. The smallest absolute Gasteiger partial charge is 0.332 e. The molecule has 2 aromatic rings. The van der Waals surface area contributed by atoms with E-state index < -0.39 is 6.03 Å². The molecular weight excluding hydrogens is 356 g/mol. The number of fused-ring (bicyclic) bond motifs is 1. The molecule has 1 aromatic carbocycles. The number of urea groups is 1. The Hall–Kier alpha value is -3.09. The molecular formula is C21H26N4O3. The summed E-state index contributed by atoms with van der Waals surface area (Å²) in [7, 11) is 1.75. The lowest BCUT2D eigenvalue weighted by Crippen LogP contribution is -2.31. The van der Waals surface area contributed by atoms with Crippen LogP contribution in [0, 0.1) is 12.3 Å². The Kier molecular flexibility index (Phi) is 5.27. The summed E-state index contributed by atoms with van der Waals surface area (Å²) in [4.78, 5) is 25.8. The second-order valence-corrected chi connectivity index (χ2v) is 8.05. The average Bonchev–Trinajstić information content (AvgIpc) is 2.95. The van der Waals surface area contributed by atoms with Crippen LogP contribution in [0.1, 0.15) is 53.3 Å². The Morgan fingerprint density at radius 1 is 1.25 bits per heavy atom. The first-order valence-corrected chi connectivity index (χ1v) is 9.22. The predicted octanol–water partition coefficient (Wildman–Crippen LogP) is 3.21. The third kappa shape index (κ3) is 4.08. The minimum Gasteiger partial charge on any atom is -0.455 e. The molecule has 0 spiro atoms. The van der Waals surface area contributed by atoms with Gasteiger partial charge in [-0.05, 0) is 24.3 Å². The summed E-state index contributed by atoms with van der Waals surface area (Å²) >= 11 is 0. The number of furan rings is 1. The Labute approximate surface area is 164 Å². The van der Waals surface area contributed by atoms with Crippen LogP contribution in [0.25, 0.3) is 0 Å². The van der Waals surface area contributed by atoms with Crippen molar-refractivity contribution in [3.8, 4) is 0 Å². The number of hydrazone groups is 1. The Morgan fingerprint density at radius 3 is 2.57 bits per heavy atom. The minimum atomic E-state index is -0.725. The van der Waals surface area contributed by atoms with Gasteiger partial charge < -0.3 is 15.1 Å². The lowest BCUT2D eigenvalue weighted by atomic mass is 9.75. The van der Waals surface area contributed by atoms with Crippen molar-refractivity contribution in [1.29, 1.82) is 0 Å². The van der Waals surface area contributed by atoms with Crippen LogP contribution < -0.4 is 11.2 Å². The summed E-state index contributed by atoms with van der Waals surface area (Å²) in [6.45, 7) is 6.53. The number of carbonyl (C=O) groups is 2. The summed E-state index contributed by atoms with van der Waals surface area (Å²) in [6.07, 6.45) is 1.34. The maximum atomic E-state index is 13.0.